The van der Waals surface area contributed by atoms with Crippen LogP contribution in [0.2, 0.25) is 0 Å². The fourth-order valence-electron chi connectivity index (χ4n) is 6.44. The molecule has 0 spiro atoms. The number of hydrogen-bond acceptors (Lipinski definition) is 3. The van der Waals surface area contributed by atoms with E-state index in [1.807, 2.05) is 0 Å². The molecular formula is C20H26O3. The zero-order chi connectivity index (χ0) is 16.5. The number of ketones is 1. The molecule has 0 saturated heterocycles. The van der Waals surface area contributed by atoms with Gasteiger partial charge in [0.1, 0.15) is 5.60 Å². The van der Waals surface area contributed by atoms with Gasteiger partial charge in [-0.15, -0.1) is 6.42 Å². The quantitative estimate of drug-likeness (QED) is 0.676. The second kappa shape index (κ2) is 4.71. The Bertz CT molecular complexity index is 629. The Labute approximate surface area is 138 Å². The molecule has 4 aliphatic carbocycles. The van der Waals surface area contributed by atoms with Crippen molar-refractivity contribution in [3.8, 4) is 12.3 Å². The fourth-order valence-corrected chi connectivity index (χ4v) is 6.44. The highest BCUT2D eigenvalue weighted by Crippen LogP contribution is 2.65. The Morgan fingerprint density at radius 1 is 1.13 bits per heavy atom. The molecule has 0 bridgehead atoms. The summed E-state index contributed by atoms with van der Waals surface area (Å²) in [6.07, 6.45) is 13.6. The van der Waals surface area contributed by atoms with E-state index in [9.17, 15) is 15.0 Å². The van der Waals surface area contributed by atoms with Crippen LogP contribution in [0.15, 0.2) is 11.6 Å². The lowest BCUT2D eigenvalue weighted by atomic mass is 9.49. The van der Waals surface area contributed by atoms with Crippen LogP contribution >= 0.6 is 0 Å². The van der Waals surface area contributed by atoms with E-state index < -0.39 is 11.2 Å². The van der Waals surface area contributed by atoms with Crippen LogP contribution in [0.4, 0.5) is 0 Å². The fraction of sp³-hybridized carbons (Fsp3) is 0.750. The molecule has 0 radical (unpaired) electrons. The number of hydrogen-bond donors (Lipinski definition) is 2. The number of aliphatic hydroxyl groups is 2. The van der Waals surface area contributed by atoms with Crippen LogP contribution in [0.5, 0.6) is 0 Å². The van der Waals surface area contributed by atoms with Gasteiger partial charge in [-0.25, -0.2) is 0 Å². The van der Waals surface area contributed by atoms with Gasteiger partial charge in [0.15, 0.2) is 5.78 Å². The molecule has 23 heavy (non-hydrogen) atoms. The molecule has 124 valence electrons. The molecule has 3 fully saturated rings. The Kier molecular flexibility index (Phi) is 3.16. The van der Waals surface area contributed by atoms with Crippen LogP contribution in [0.3, 0.4) is 0 Å². The molecular weight excluding hydrogens is 288 g/mol. The van der Waals surface area contributed by atoms with Crippen LogP contribution in [0, 0.1) is 35.5 Å². The molecule has 0 aliphatic heterocycles. The Morgan fingerprint density at radius 3 is 2.61 bits per heavy atom. The van der Waals surface area contributed by atoms with Gasteiger partial charge in [0.05, 0.1) is 5.60 Å². The van der Waals surface area contributed by atoms with Crippen molar-refractivity contribution in [3.05, 3.63) is 11.6 Å². The maximum Gasteiger partial charge on any atom is 0.155 e. The van der Waals surface area contributed by atoms with Gasteiger partial charge < -0.3 is 10.2 Å². The summed E-state index contributed by atoms with van der Waals surface area (Å²) in [5.41, 5.74) is -1.06. The van der Waals surface area contributed by atoms with Gasteiger partial charge in [0, 0.05) is 11.8 Å². The van der Waals surface area contributed by atoms with Crippen molar-refractivity contribution >= 4 is 5.78 Å². The van der Waals surface area contributed by atoms with Crippen molar-refractivity contribution < 1.29 is 15.0 Å². The van der Waals surface area contributed by atoms with Gasteiger partial charge >= 0.3 is 0 Å². The first-order chi connectivity index (χ1) is 10.8. The molecule has 0 amide bonds. The molecule has 4 aliphatic rings. The van der Waals surface area contributed by atoms with E-state index in [2.05, 4.69) is 12.8 Å². The van der Waals surface area contributed by atoms with Crippen molar-refractivity contribution in [2.75, 3.05) is 0 Å². The van der Waals surface area contributed by atoms with Crippen LogP contribution in [0.1, 0.15) is 58.3 Å². The maximum absolute atomic E-state index is 11.7. The minimum atomic E-state index is -0.996. The normalized spacial score (nSPS) is 52.0. The summed E-state index contributed by atoms with van der Waals surface area (Å²) in [6.45, 7) is 2.15. The van der Waals surface area contributed by atoms with Crippen molar-refractivity contribution in [2.45, 2.75) is 69.5 Å². The first-order valence-electron chi connectivity index (χ1n) is 9.00. The standard InChI is InChI=1S/C20H26O3/c1-3-19(22)10-8-16-15-5-4-13-12-14(21)6-11-20(13,23)17(15)7-9-18(16,19)2/h1,12,15-17,22-23H,4-11H2,2H3/t15?,16?,17?,18-,19-,20+/m0/s1. The minimum absolute atomic E-state index is 0.159. The molecule has 0 aromatic carbocycles. The number of carbonyl (C=O) groups excluding carboxylic acids is 1. The summed E-state index contributed by atoms with van der Waals surface area (Å²) < 4.78 is 0. The third-order valence-electron chi connectivity index (χ3n) is 7.83. The SMILES string of the molecule is C#C[C@]1(O)CCC2C3CCC4=CC(=O)CC[C@]4(O)C3CC[C@@]21C. The van der Waals surface area contributed by atoms with Crippen molar-refractivity contribution in [2.24, 2.45) is 23.2 Å². The molecule has 3 unspecified atom stereocenters. The third-order valence-corrected chi connectivity index (χ3v) is 7.83. The molecule has 4 rings (SSSR count). The van der Waals surface area contributed by atoms with Gasteiger partial charge in [-0.3, -0.25) is 4.79 Å². The molecule has 0 aromatic rings. The average Bonchev–Trinajstić information content (AvgIpc) is 2.80. The van der Waals surface area contributed by atoms with Gasteiger partial charge in [0.25, 0.3) is 0 Å². The number of terminal acetylenes is 1. The Morgan fingerprint density at radius 2 is 1.87 bits per heavy atom. The molecule has 3 heteroatoms. The van der Waals surface area contributed by atoms with Crippen LogP contribution in [-0.4, -0.2) is 27.2 Å². The van der Waals surface area contributed by atoms with Crippen LogP contribution < -0.4 is 0 Å². The van der Waals surface area contributed by atoms with Gasteiger partial charge in [-0.1, -0.05) is 12.8 Å². The predicted molar refractivity (Wildman–Crippen MR) is 87.3 cm³/mol. The van der Waals surface area contributed by atoms with E-state index in [0.717, 1.165) is 37.7 Å². The molecule has 0 aromatic heterocycles. The highest BCUT2D eigenvalue weighted by Gasteiger charge is 2.64. The van der Waals surface area contributed by atoms with Crippen molar-refractivity contribution in [1.29, 1.82) is 0 Å². The van der Waals surface area contributed by atoms with E-state index in [4.69, 9.17) is 6.42 Å². The molecule has 0 heterocycles. The van der Waals surface area contributed by atoms with Crippen LogP contribution in [-0.2, 0) is 4.79 Å². The summed E-state index contributed by atoms with van der Waals surface area (Å²) in [4.78, 5) is 11.7. The Balaban J connectivity index is 1.70. The lowest BCUT2D eigenvalue weighted by Gasteiger charge is -2.57. The lowest BCUT2D eigenvalue weighted by molar-refractivity contribution is -0.136. The highest BCUT2D eigenvalue weighted by atomic mass is 16.3. The van der Waals surface area contributed by atoms with E-state index in [-0.39, 0.29) is 17.1 Å². The largest absolute Gasteiger partial charge is 0.385 e. The Hall–Kier alpha value is -1.11. The van der Waals surface area contributed by atoms with Gasteiger partial charge in [-0.05, 0) is 74.3 Å². The maximum atomic E-state index is 11.7. The second-order valence-corrected chi connectivity index (χ2v) is 8.48. The lowest BCUT2D eigenvalue weighted by Crippen LogP contribution is -2.57. The summed E-state index contributed by atoms with van der Waals surface area (Å²) >= 11 is 0. The van der Waals surface area contributed by atoms with Crippen molar-refractivity contribution in [1.82, 2.24) is 0 Å². The monoisotopic (exact) mass is 314 g/mol. The highest BCUT2D eigenvalue weighted by molar-refractivity contribution is 5.92. The van der Waals surface area contributed by atoms with Gasteiger partial charge in [-0.2, -0.15) is 0 Å². The van der Waals surface area contributed by atoms with E-state index in [1.165, 1.54) is 0 Å². The average molecular weight is 314 g/mol. The van der Waals surface area contributed by atoms with E-state index >= 15 is 0 Å². The molecule has 3 nitrogen and oxygen atoms in total. The summed E-state index contributed by atoms with van der Waals surface area (Å²) in [5.74, 6) is 3.85. The van der Waals surface area contributed by atoms with Crippen molar-refractivity contribution in [3.63, 3.8) is 0 Å². The van der Waals surface area contributed by atoms with Crippen LogP contribution in [0.25, 0.3) is 0 Å². The third kappa shape index (κ3) is 1.83. The number of rotatable bonds is 0. The molecule has 6 atom stereocenters. The van der Waals surface area contributed by atoms with E-state index in [0.29, 0.717) is 31.1 Å². The zero-order valence-corrected chi connectivity index (χ0v) is 13.8. The molecule has 2 N–H and O–H groups in total. The first kappa shape index (κ1) is 15.4. The first-order valence-corrected chi connectivity index (χ1v) is 9.00. The molecule has 3 saturated carbocycles. The summed E-state index contributed by atoms with van der Waals surface area (Å²) in [5, 5.41) is 22.3. The topological polar surface area (TPSA) is 57.5 Å². The predicted octanol–water partition coefficient (Wildman–Crippen LogP) is 2.61. The van der Waals surface area contributed by atoms with E-state index in [1.54, 1.807) is 6.08 Å². The summed E-state index contributed by atoms with van der Waals surface area (Å²) in [7, 11) is 0. The zero-order valence-electron chi connectivity index (χ0n) is 13.8. The minimum Gasteiger partial charge on any atom is -0.385 e. The smallest absolute Gasteiger partial charge is 0.155 e. The number of carbonyl (C=O) groups is 1. The van der Waals surface area contributed by atoms with Gasteiger partial charge in [0.2, 0.25) is 0 Å². The summed E-state index contributed by atoms with van der Waals surface area (Å²) in [6, 6.07) is 0. The second-order valence-electron chi connectivity index (χ2n) is 8.48. The number of fused-ring (bicyclic) bond motifs is 5.